The Morgan fingerprint density at radius 1 is 1.42 bits per heavy atom. The van der Waals surface area contributed by atoms with E-state index in [0.717, 1.165) is 6.07 Å². The SMILES string of the molecule is Cc1ncnc(C(C)C)c1N1CC([N+](=O)[O-])=C(O)c2cc(F)c(Cl)nc21. The van der Waals surface area contributed by atoms with Crippen LogP contribution < -0.4 is 4.90 Å². The van der Waals surface area contributed by atoms with Crippen LogP contribution in [0, 0.1) is 22.9 Å². The summed E-state index contributed by atoms with van der Waals surface area (Å²) in [6.45, 7) is 5.29. The first-order chi connectivity index (χ1) is 12.2. The number of nitro groups is 1. The van der Waals surface area contributed by atoms with Crippen molar-refractivity contribution in [3.63, 3.8) is 0 Å². The lowest BCUT2D eigenvalue weighted by molar-refractivity contribution is -0.425. The van der Waals surface area contributed by atoms with Gasteiger partial charge in [0.15, 0.2) is 11.0 Å². The predicted octanol–water partition coefficient (Wildman–Crippen LogP) is 3.75. The van der Waals surface area contributed by atoms with Gasteiger partial charge in [0.05, 0.1) is 27.6 Å². The topological polar surface area (TPSA) is 105 Å². The van der Waals surface area contributed by atoms with Gasteiger partial charge in [-0.15, -0.1) is 0 Å². The fourth-order valence-corrected chi connectivity index (χ4v) is 3.00. The monoisotopic (exact) mass is 379 g/mol. The molecule has 0 saturated carbocycles. The zero-order valence-corrected chi connectivity index (χ0v) is 15.0. The zero-order chi connectivity index (χ0) is 19.2. The second-order valence-corrected chi connectivity index (χ2v) is 6.48. The number of aromatic nitrogens is 3. The summed E-state index contributed by atoms with van der Waals surface area (Å²) in [4.78, 5) is 24.6. The maximum absolute atomic E-state index is 13.9. The molecule has 3 heterocycles. The molecule has 0 unspecified atom stereocenters. The fraction of sp³-hybridized carbons (Fsp3) is 0.312. The Bertz CT molecular complexity index is 948. The molecule has 0 aromatic carbocycles. The third-order valence-electron chi connectivity index (χ3n) is 4.08. The van der Waals surface area contributed by atoms with Crippen molar-refractivity contribution in [3.05, 3.63) is 56.1 Å². The van der Waals surface area contributed by atoms with E-state index in [0.29, 0.717) is 17.1 Å². The standard InChI is InChI=1S/C16H15ClFN5O3/c1-7(2)12-13(8(3)19-6-20-12)22-5-11(23(25)26)14(24)9-4-10(18)15(17)21-16(9)22/h4,6-7,24H,5H2,1-3H3. The molecule has 1 N–H and O–H groups in total. The van der Waals surface area contributed by atoms with Gasteiger partial charge in [0.2, 0.25) is 5.76 Å². The van der Waals surface area contributed by atoms with Crippen molar-refractivity contribution in [1.82, 2.24) is 15.0 Å². The van der Waals surface area contributed by atoms with Gasteiger partial charge in [-0.25, -0.2) is 19.3 Å². The van der Waals surface area contributed by atoms with Crippen LogP contribution in [0.4, 0.5) is 15.9 Å². The molecule has 8 nitrogen and oxygen atoms in total. The van der Waals surface area contributed by atoms with Crippen LogP contribution >= 0.6 is 11.6 Å². The van der Waals surface area contributed by atoms with Gasteiger partial charge in [0.1, 0.15) is 18.7 Å². The number of anilines is 2. The fourth-order valence-electron chi connectivity index (χ4n) is 2.86. The van der Waals surface area contributed by atoms with Gasteiger partial charge in [0.25, 0.3) is 0 Å². The minimum absolute atomic E-state index is 0.00960. The Morgan fingerprint density at radius 3 is 2.73 bits per heavy atom. The molecule has 3 rings (SSSR count). The summed E-state index contributed by atoms with van der Waals surface area (Å²) < 4.78 is 13.9. The Hall–Kier alpha value is -2.81. The predicted molar refractivity (Wildman–Crippen MR) is 93.6 cm³/mol. The van der Waals surface area contributed by atoms with Crippen molar-refractivity contribution >= 4 is 28.9 Å². The van der Waals surface area contributed by atoms with E-state index in [4.69, 9.17) is 11.6 Å². The minimum Gasteiger partial charge on any atom is -0.502 e. The van der Waals surface area contributed by atoms with Gasteiger partial charge in [-0.2, -0.15) is 0 Å². The van der Waals surface area contributed by atoms with E-state index in [1.807, 2.05) is 13.8 Å². The van der Waals surface area contributed by atoms with E-state index in [2.05, 4.69) is 15.0 Å². The first-order valence-electron chi connectivity index (χ1n) is 7.74. The second-order valence-electron chi connectivity index (χ2n) is 6.12. The summed E-state index contributed by atoms with van der Waals surface area (Å²) in [5, 5.41) is 21.2. The van der Waals surface area contributed by atoms with Crippen molar-refractivity contribution in [2.45, 2.75) is 26.7 Å². The Labute approximate surface area is 153 Å². The first-order valence-corrected chi connectivity index (χ1v) is 8.12. The van der Waals surface area contributed by atoms with Gasteiger partial charge in [-0.3, -0.25) is 10.1 Å². The second kappa shape index (κ2) is 6.49. The molecule has 0 atom stereocenters. The number of nitrogens with zero attached hydrogens (tertiary/aromatic N) is 5. The van der Waals surface area contributed by atoms with Gasteiger partial charge < -0.3 is 10.0 Å². The number of fused-ring (bicyclic) bond motifs is 1. The molecule has 0 radical (unpaired) electrons. The highest BCUT2D eigenvalue weighted by Crippen LogP contribution is 2.41. The number of aliphatic hydroxyl groups excluding tert-OH is 1. The third-order valence-corrected chi connectivity index (χ3v) is 4.34. The molecule has 1 aliphatic heterocycles. The van der Waals surface area contributed by atoms with Crippen LogP contribution in [0.25, 0.3) is 5.76 Å². The van der Waals surface area contributed by atoms with Gasteiger partial charge >= 0.3 is 5.70 Å². The summed E-state index contributed by atoms with van der Waals surface area (Å²) >= 11 is 5.81. The van der Waals surface area contributed by atoms with Crippen molar-refractivity contribution in [1.29, 1.82) is 0 Å². The average molecular weight is 380 g/mol. The van der Waals surface area contributed by atoms with Crippen molar-refractivity contribution in [3.8, 4) is 0 Å². The molecule has 26 heavy (non-hydrogen) atoms. The molecule has 1 aliphatic rings. The van der Waals surface area contributed by atoms with Crippen molar-refractivity contribution in [2.75, 3.05) is 11.4 Å². The van der Waals surface area contributed by atoms with Gasteiger partial charge in [-0.05, 0) is 18.9 Å². The largest absolute Gasteiger partial charge is 0.502 e. The average Bonchev–Trinajstić information content (AvgIpc) is 2.57. The lowest BCUT2D eigenvalue weighted by Crippen LogP contribution is -2.31. The van der Waals surface area contributed by atoms with Crippen molar-refractivity contribution < 1.29 is 14.4 Å². The van der Waals surface area contributed by atoms with E-state index >= 15 is 0 Å². The number of halogens is 2. The van der Waals surface area contributed by atoms with Crippen LogP contribution in [0.2, 0.25) is 5.15 Å². The van der Waals surface area contributed by atoms with E-state index in [9.17, 15) is 19.6 Å². The maximum atomic E-state index is 13.9. The Balaban J connectivity index is 2.33. The Morgan fingerprint density at radius 2 is 2.12 bits per heavy atom. The molecular weight excluding hydrogens is 365 g/mol. The Kier molecular flexibility index (Phi) is 4.49. The highest BCUT2D eigenvalue weighted by Gasteiger charge is 2.36. The third kappa shape index (κ3) is 2.84. The smallest absolute Gasteiger partial charge is 0.307 e. The zero-order valence-electron chi connectivity index (χ0n) is 14.2. The lowest BCUT2D eigenvalue weighted by atomic mass is 10.0. The van der Waals surface area contributed by atoms with Crippen LogP contribution in [0.3, 0.4) is 0 Å². The minimum atomic E-state index is -0.883. The maximum Gasteiger partial charge on any atom is 0.307 e. The number of hydrogen-bond acceptors (Lipinski definition) is 7. The summed E-state index contributed by atoms with van der Waals surface area (Å²) in [6.07, 6.45) is 1.41. The number of aliphatic hydroxyl groups is 1. The molecule has 2 aromatic heterocycles. The summed E-state index contributed by atoms with van der Waals surface area (Å²) in [5.74, 6) is -1.42. The quantitative estimate of drug-likeness (QED) is 0.491. The van der Waals surface area contributed by atoms with Crippen LogP contribution in [-0.2, 0) is 0 Å². The lowest BCUT2D eigenvalue weighted by Gasteiger charge is -2.31. The highest BCUT2D eigenvalue weighted by atomic mass is 35.5. The molecule has 0 aliphatic carbocycles. The van der Waals surface area contributed by atoms with Crippen LogP contribution in [0.5, 0.6) is 0 Å². The molecular formula is C16H15ClFN5O3. The van der Waals surface area contributed by atoms with Gasteiger partial charge in [-0.1, -0.05) is 25.4 Å². The summed E-state index contributed by atoms with van der Waals surface area (Å²) in [5.41, 5.74) is 1.16. The van der Waals surface area contributed by atoms with Crippen LogP contribution in [0.15, 0.2) is 18.1 Å². The molecule has 136 valence electrons. The molecule has 0 amide bonds. The molecule has 0 fully saturated rings. The summed E-state index contributed by atoms with van der Waals surface area (Å²) in [7, 11) is 0. The number of aryl methyl sites for hydroxylation is 1. The molecule has 0 spiro atoms. The summed E-state index contributed by atoms with van der Waals surface area (Å²) in [6, 6.07) is 0.934. The number of rotatable bonds is 3. The number of pyridine rings is 1. The molecule has 0 saturated heterocycles. The highest BCUT2D eigenvalue weighted by molar-refractivity contribution is 6.29. The van der Waals surface area contributed by atoms with Gasteiger partial charge in [0, 0.05) is 0 Å². The van der Waals surface area contributed by atoms with E-state index in [1.54, 1.807) is 6.92 Å². The van der Waals surface area contributed by atoms with Crippen molar-refractivity contribution in [2.24, 2.45) is 0 Å². The number of hydrogen-bond donors (Lipinski definition) is 1. The normalized spacial score (nSPS) is 14.0. The first kappa shape index (κ1) is 18.0. The van der Waals surface area contributed by atoms with Crippen LogP contribution in [-0.4, -0.2) is 31.5 Å². The van der Waals surface area contributed by atoms with E-state index < -0.39 is 27.3 Å². The molecule has 0 bridgehead atoms. The molecule has 2 aromatic rings. The van der Waals surface area contributed by atoms with E-state index in [1.165, 1.54) is 11.2 Å². The molecule has 10 heteroatoms. The van der Waals surface area contributed by atoms with E-state index in [-0.39, 0.29) is 23.8 Å². The van der Waals surface area contributed by atoms with Crippen LogP contribution in [0.1, 0.15) is 36.7 Å².